The van der Waals surface area contributed by atoms with Crippen LogP contribution >= 0.6 is 0 Å². The molecule has 0 saturated carbocycles. The summed E-state index contributed by atoms with van der Waals surface area (Å²) >= 11 is 0. The van der Waals surface area contributed by atoms with Crippen molar-refractivity contribution in [3.63, 3.8) is 0 Å². The summed E-state index contributed by atoms with van der Waals surface area (Å²) in [6.07, 6.45) is 2.45. The van der Waals surface area contributed by atoms with E-state index in [1.54, 1.807) is 6.20 Å². The molecule has 3 nitrogen and oxygen atoms in total. The molecular weight excluding hydrogens is 198 g/mol. The highest BCUT2D eigenvalue weighted by Crippen LogP contribution is 2.19. The summed E-state index contributed by atoms with van der Waals surface area (Å²) in [6.45, 7) is 0. The minimum absolute atomic E-state index is 0.101. The van der Waals surface area contributed by atoms with Crippen LogP contribution in [0.2, 0.25) is 0 Å². The molecule has 0 aliphatic rings. The molecule has 2 aromatic rings. The number of anilines is 1. The van der Waals surface area contributed by atoms with Crippen molar-refractivity contribution in [1.82, 2.24) is 4.98 Å². The number of pyridine rings is 1. The van der Waals surface area contributed by atoms with Gasteiger partial charge >= 0.3 is 0 Å². The Bertz CT molecular complexity index is 454. The lowest BCUT2D eigenvalue weighted by molar-refractivity contribution is 0.721. The number of hydrogen-bond acceptors (Lipinski definition) is 3. The average molecular weight is 213 g/mol. The topological polar surface area (TPSA) is 64.9 Å². The Morgan fingerprint density at radius 1 is 1.06 bits per heavy atom. The first-order valence-electron chi connectivity index (χ1n) is 5.27. The maximum Gasteiger partial charge on any atom is 0.128 e. The summed E-state index contributed by atoms with van der Waals surface area (Å²) in [5.74, 6) is 0.519. The number of rotatable bonds is 3. The lowest BCUT2D eigenvalue weighted by Gasteiger charge is -2.13. The van der Waals surface area contributed by atoms with Gasteiger partial charge in [-0.25, -0.2) is 4.98 Å². The first-order valence-corrected chi connectivity index (χ1v) is 5.27. The van der Waals surface area contributed by atoms with Gasteiger partial charge in [-0.05, 0) is 18.1 Å². The third-order valence-corrected chi connectivity index (χ3v) is 2.57. The van der Waals surface area contributed by atoms with Crippen molar-refractivity contribution in [3.8, 4) is 0 Å². The molecule has 0 fully saturated rings. The van der Waals surface area contributed by atoms with Gasteiger partial charge in [0.15, 0.2) is 0 Å². The number of hydrogen-bond donors (Lipinski definition) is 2. The normalized spacial score (nSPS) is 12.3. The van der Waals surface area contributed by atoms with Gasteiger partial charge in [0, 0.05) is 17.8 Å². The lowest BCUT2D eigenvalue weighted by Crippen LogP contribution is -2.15. The van der Waals surface area contributed by atoms with Crippen molar-refractivity contribution in [3.05, 3.63) is 59.8 Å². The van der Waals surface area contributed by atoms with Gasteiger partial charge in [0.1, 0.15) is 5.82 Å². The summed E-state index contributed by atoms with van der Waals surface area (Å²) in [7, 11) is 0. The van der Waals surface area contributed by atoms with Gasteiger partial charge in [0.05, 0.1) is 0 Å². The van der Waals surface area contributed by atoms with Crippen LogP contribution in [0.5, 0.6) is 0 Å². The molecule has 82 valence electrons. The van der Waals surface area contributed by atoms with Gasteiger partial charge in [0.25, 0.3) is 0 Å². The second kappa shape index (κ2) is 4.77. The van der Waals surface area contributed by atoms with Gasteiger partial charge in [-0.2, -0.15) is 0 Å². The zero-order valence-electron chi connectivity index (χ0n) is 9.01. The largest absolute Gasteiger partial charge is 0.383 e. The molecule has 0 aliphatic carbocycles. The molecule has 4 N–H and O–H groups in total. The standard InChI is InChI=1S/C13H15N3/c14-12(9-10-5-2-1-3-6-10)11-7-4-8-16-13(11)15/h1-8,12H,9,14H2,(H2,15,16). The number of aromatic nitrogens is 1. The Hall–Kier alpha value is -1.87. The second-order valence-corrected chi connectivity index (χ2v) is 3.77. The average Bonchev–Trinajstić information content (AvgIpc) is 2.31. The molecular formula is C13H15N3. The van der Waals surface area contributed by atoms with Gasteiger partial charge < -0.3 is 11.5 Å². The van der Waals surface area contributed by atoms with Crippen LogP contribution in [-0.2, 0) is 6.42 Å². The molecule has 0 saturated heterocycles. The number of nitrogens with zero attached hydrogens (tertiary/aromatic N) is 1. The molecule has 2 rings (SSSR count). The Labute approximate surface area is 95.1 Å². The maximum absolute atomic E-state index is 6.11. The summed E-state index contributed by atoms with van der Waals surface area (Å²) in [6, 6.07) is 13.8. The first-order chi connectivity index (χ1) is 7.77. The van der Waals surface area contributed by atoms with E-state index in [4.69, 9.17) is 11.5 Å². The van der Waals surface area contributed by atoms with Gasteiger partial charge in [-0.1, -0.05) is 36.4 Å². The molecule has 0 amide bonds. The fourth-order valence-electron chi connectivity index (χ4n) is 1.72. The molecule has 1 unspecified atom stereocenters. The summed E-state index contributed by atoms with van der Waals surface area (Å²) in [4.78, 5) is 4.04. The number of nitrogen functional groups attached to an aromatic ring is 1. The van der Waals surface area contributed by atoms with E-state index in [0.717, 1.165) is 12.0 Å². The van der Waals surface area contributed by atoms with Crippen LogP contribution in [0.4, 0.5) is 5.82 Å². The van der Waals surface area contributed by atoms with Crippen LogP contribution in [0, 0.1) is 0 Å². The summed E-state index contributed by atoms with van der Waals surface area (Å²) in [5.41, 5.74) is 14.0. The third-order valence-electron chi connectivity index (χ3n) is 2.57. The predicted octanol–water partition coefficient (Wildman–Crippen LogP) is 1.91. The van der Waals surface area contributed by atoms with E-state index < -0.39 is 0 Å². The predicted molar refractivity (Wildman–Crippen MR) is 65.7 cm³/mol. The van der Waals surface area contributed by atoms with Gasteiger partial charge in [-0.3, -0.25) is 0 Å². The zero-order valence-corrected chi connectivity index (χ0v) is 9.01. The molecule has 3 heteroatoms. The number of benzene rings is 1. The van der Waals surface area contributed by atoms with E-state index in [1.807, 2.05) is 30.3 Å². The quantitative estimate of drug-likeness (QED) is 0.818. The fourth-order valence-corrected chi connectivity index (χ4v) is 1.72. The molecule has 1 aromatic heterocycles. The lowest BCUT2D eigenvalue weighted by atomic mass is 10.0. The summed E-state index contributed by atoms with van der Waals surface area (Å²) in [5, 5.41) is 0. The Morgan fingerprint density at radius 2 is 1.81 bits per heavy atom. The van der Waals surface area contributed by atoms with Gasteiger partial charge in [-0.15, -0.1) is 0 Å². The summed E-state index contributed by atoms with van der Waals surface area (Å²) < 4.78 is 0. The molecule has 1 heterocycles. The minimum atomic E-state index is -0.101. The van der Waals surface area contributed by atoms with Crippen LogP contribution < -0.4 is 11.5 Å². The molecule has 0 spiro atoms. The molecule has 0 aliphatic heterocycles. The highest BCUT2D eigenvalue weighted by molar-refractivity contribution is 5.41. The Morgan fingerprint density at radius 3 is 2.50 bits per heavy atom. The van der Waals surface area contributed by atoms with E-state index in [2.05, 4.69) is 17.1 Å². The second-order valence-electron chi connectivity index (χ2n) is 3.77. The first kappa shape index (κ1) is 10.6. The highest BCUT2D eigenvalue weighted by atomic mass is 14.8. The van der Waals surface area contributed by atoms with E-state index in [1.165, 1.54) is 5.56 Å². The van der Waals surface area contributed by atoms with Crippen molar-refractivity contribution in [2.75, 3.05) is 5.73 Å². The van der Waals surface area contributed by atoms with E-state index in [9.17, 15) is 0 Å². The number of nitrogens with two attached hydrogens (primary N) is 2. The Kier molecular flexibility index (Phi) is 3.17. The third kappa shape index (κ3) is 2.38. The van der Waals surface area contributed by atoms with Crippen molar-refractivity contribution in [2.24, 2.45) is 5.73 Å². The van der Waals surface area contributed by atoms with Gasteiger partial charge in [0.2, 0.25) is 0 Å². The van der Waals surface area contributed by atoms with E-state index in [-0.39, 0.29) is 6.04 Å². The van der Waals surface area contributed by atoms with Crippen LogP contribution in [0.25, 0.3) is 0 Å². The van der Waals surface area contributed by atoms with Crippen molar-refractivity contribution < 1.29 is 0 Å². The van der Waals surface area contributed by atoms with E-state index in [0.29, 0.717) is 5.82 Å². The molecule has 0 radical (unpaired) electrons. The van der Waals surface area contributed by atoms with Crippen LogP contribution in [-0.4, -0.2) is 4.98 Å². The van der Waals surface area contributed by atoms with Crippen molar-refractivity contribution in [2.45, 2.75) is 12.5 Å². The van der Waals surface area contributed by atoms with Crippen LogP contribution in [0.1, 0.15) is 17.2 Å². The SMILES string of the molecule is Nc1ncccc1C(N)Cc1ccccc1. The molecule has 1 atom stereocenters. The van der Waals surface area contributed by atoms with Crippen molar-refractivity contribution in [1.29, 1.82) is 0 Å². The molecule has 16 heavy (non-hydrogen) atoms. The van der Waals surface area contributed by atoms with Crippen LogP contribution in [0.3, 0.4) is 0 Å². The zero-order chi connectivity index (χ0) is 11.4. The molecule has 0 bridgehead atoms. The minimum Gasteiger partial charge on any atom is -0.383 e. The van der Waals surface area contributed by atoms with Crippen molar-refractivity contribution >= 4 is 5.82 Å². The van der Waals surface area contributed by atoms with E-state index >= 15 is 0 Å². The maximum atomic E-state index is 6.11. The van der Waals surface area contributed by atoms with Crippen LogP contribution in [0.15, 0.2) is 48.7 Å². The molecule has 1 aromatic carbocycles. The smallest absolute Gasteiger partial charge is 0.128 e. The fraction of sp³-hybridized carbons (Fsp3) is 0.154. The monoisotopic (exact) mass is 213 g/mol. The highest BCUT2D eigenvalue weighted by Gasteiger charge is 2.10. The Balaban J connectivity index is 2.15.